The molecule has 0 aliphatic carbocycles. The number of hydrazine groups is 1. The van der Waals surface area contributed by atoms with Gasteiger partial charge in [0, 0.05) is 26.0 Å². The Labute approximate surface area is 123 Å². The van der Waals surface area contributed by atoms with Crippen molar-refractivity contribution in [3.8, 4) is 0 Å². The zero-order valence-electron chi connectivity index (χ0n) is 12.2. The lowest BCUT2D eigenvalue weighted by atomic mass is 10.0. The summed E-state index contributed by atoms with van der Waals surface area (Å²) in [5.74, 6) is 6.67. The minimum Gasteiger partial charge on any atom is -0.358 e. The number of likely N-dealkylation sites (tertiary alicyclic amines) is 1. The highest BCUT2D eigenvalue weighted by Gasteiger charge is 2.31. The van der Waals surface area contributed by atoms with Gasteiger partial charge in [-0.1, -0.05) is 6.92 Å². The third kappa shape index (κ3) is 3.46. The molecular weight excluding hydrogens is 272 g/mol. The van der Waals surface area contributed by atoms with Gasteiger partial charge in [-0.05, 0) is 12.8 Å². The van der Waals surface area contributed by atoms with Gasteiger partial charge in [-0.2, -0.15) is 0 Å². The van der Waals surface area contributed by atoms with Crippen molar-refractivity contribution in [2.75, 3.05) is 17.8 Å². The number of nitrogens with two attached hydrogens (primary N) is 1. The van der Waals surface area contributed by atoms with Crippen LogP contribution in [0.1, 0.15) is 32.0 Å². The molecule has 1 atom stereocenters. The smallest absolute Gasteiger partial charge is 0.251 e. The van der Waals surface area contributed by atoms with Crippen molar-refractivity contribution in [1.29, 1.82) is 0 Å². The quantitative estimate of drug-likeness (QED) is 0.405. The Morgan fingerprint density at radius 1 is 1.38 bits per heavy atom. The molecule has 8 nitrogen and oxygen atoms in total. The average molecular weight is 292 g/mol. The monoisotopic (exact) mass is 292 g/mol. The largest absolute Gasteiger partial charge is 0.358 e. The minimum absolute atomic E-state index is 0.156. The number of hydrogen-bond acceptors (Lipinski definition) is 7. The fourth-order valence-electron chi connectivity index (χ4n) is 2.21. The van der Waals surface area contributed by atoms with Crippen molar-refractivity contribution in [2.45, 2.75) is 38.6 Å². The fourth-order valence-corrected chi connectivity index (χ4v) is 2.21. The number of imide groups is 1. The number of carbonyl (C=O) groups is 2. The van der Waals surface area contributed by atoms with E-state index in [1.54, 1.807) is 6.07 Å². The van der Waals surface area contributed by atoms with E-state index in [9.17, 15) is 9.59 Å². The van der Waals surface area contributed by atoms with Crippen LogP contribution in [-0.2, 0) is 16.0 Å². The van der Waals surface area contributed by atoms with Gasteiger partial charge in [-0.3, -0.25) is 14.5 Å². The maximum Gasteiger partial charge on any atom is 0.251 e. The van der Waals surface area contributed by atoms with E-state index in [1.165, 1.54) is 7.05 Å². The summed E-state index contributed by atoms with van der Waals surface area (Å²) in [7, 11) is 1.49. The van der Waals surface area contributed by atoms with E-state index in [0.29, 0.717) is 30.3 Å². The Morgan fingerprint density at radius 2 is 2.10 bits per heavy atom. The average Bonchev–Trinajstić information content (AvgIpc) is 2.48. The van der Waals surface area contributed by atoms with Crippen molar-refractivity contribution < 1.29 is 9.59 Å². The Balaban J connectivity index is 2.16. The highest BCUT2D eigenvalue weighted by atomic mass is 16.2. The lowest BCUT2D eigenvalue weighted by Crippen LogP contribution is -2.48. The van der Waals surface area contributed by atoms with Gasteiger partial charge in [0.05, 0.1) is 0 Å². The topological polar surface area (TPSA) is 113 Å². The summed E-state index contributed by atoms with van der Waals surface area (Å²) >= 11 is 0. The summed E-state index contributed by atoms with van der Waals surface area (Å²) in [6.07, 6.45) is 2.43. The van der Waals surface area contributed by atoms with E-state index < -0.39 is 6.04 Å². The summed E-state index contributed by atoms with van der Waals surface area (Å²) in [5.41, 5.74) is 2.49. The second-order valence-electron chi connectivity index (χ2n) is 4.98. The third-order valence-corrected chi connectivity index (χ3v) is 3.37. The normalized spacial score (nSPS) is 18.8. The molecule has 1 aromatic heterocycles. The fraction of sp³-hybridized carbons (Fsp3) is 0.538. The number of rotatable bonds is 5. The van der Waals surface area contributed by atoms with Gasteiger partial charge in [0.1, 0.15) is 23.5 Å². The standard InChI is InChI=1S/C13H20N6O2/c1-3-4-9-16-10(7-11(17-9)18-14)15-8-5-6-12(20)19(2)13(8)21/h7-8H,3-6,14H2,1-2H3,(H2,15,16,17,18). The molecule has 1 saturated heterocycles. The number of nitrogens with zero attached hydrogens (tertiary/aromatic N) is 3. The molecule has 1 aliphatic heterocycles. The third-order valence-electron chi connectivity index (χ3n) is 3.37. The van der Waals surface area contributed by atoms with Gasteiger partial charge in [-0.25, -0.2) is 15.8 Å². The van der Waals surface area contributed by atoms with Crippen LogP contribution in [0.25, 0.3) is 0 Å². The maximum absolute atomic E-state index is 12.1. The van der Waals surface area contributed by atoms with Crippen molar-refractivity contribution in [3.05, 3.63) is 11.9 Å². The van der Waals surface area contributed by atoms with E-state index in [4.69, 9.17) is 5.84 Å². The Morgan fingerprint density at radius 3 is 2.76 bits per heavy atom. The van der Waals surface area contributed by atoms with Crippen LogP contribution in [0, 0.1) is 0 Å². The highest BCUT2D eigenvalue weighted by Crippen LogP contribution is 2.18. The van der Waals surface area contributed by atoms with Crippen LogP contribution >= 0.6 is 0 Å². The molecular formula is C13H20N6O2. The maximum atomic E-state index is 12.1. The molecule has 1 aromatic rings. The molecule has 8 heteroatoms. The Kier molecular flexibility index (Phi) is 4.69. The van der Waals surface area contributed by atoms with Crippen LogP contribution in [0.3, 0.4) is 0 Å². The first-order valence-corrected chi connectivity index (χ1v) is 6.96. The Bertz CT molecular complexity index is 547. The number of hydrogen-bond donors (Lipinski definition) is 3. The zero-order chi connectivity index (χ0) is 15.4. The minimum atomic E-state index is -0.456. The summed E-state index contributed by atoms with van der Waals surface area (Å²) in [6.45, 7) is 2.03. The van der Waals surface area contributed by atoms with E-state index >= 15 is 0 Å². The molecule has 2 heterocycles. The molecule has 1 unspecified atom stereocenters. The van der Waals surface area contributed by atoms with Gasteiger partial charge in [0.15, 0.2) is 0 Å². The lowest BCUT2D eigenvalue weighted by Gasteiger charge is -2.28. The number of carbonyl (C=O) groups excluding carboxylic acids is 2. The van der Waals surface area contributed by atoms with Crippen LogP contribution in [0.15, 0.2) is 6.07 Å². The number of nitrogen functional groups attached to an aromatic ring is 1. The highest BCUT2D eigenvalue weighted by molar-refractivity contribution is 6.01. The molecule has 21 heavy (non-hydrogen) atoms. The lowest BCUT2D eigenvalue weighted by molar-refractivity contribution is -0.146. The zero-order valence-corrected chi connectivity index (χ0v) is 12.2. The summed E-state index contributed by atoms with van der Waals surface area (Å²) in [6, 6.07) is 1.19. The van der Waals surface area contributed by atoms with E-state index in [-0.39, 0.29) is 11.8 Å². The first kappa shape index (κ1) is 15.2. The molecule has 4 N–H and O–H groups in total. The summed E-state index contributed by atoms with van der Waals surface area (Å²) in [4.78, 5) is 33.3. The van der Waals surface area contributed by atoms with E-state index in [1.807, 2.05) is 6.92 Å². The second kappa shape index (κ2) is 6.49. The molecule has 114 valence electrons. The SMILES string of the molecule is CCCc1nc(NN)cc(NC2CCC(=O)N(C)C2=O)n1. The number of anilines is 2. The van der Waals surface area contributed by atoms with Crippen molar-refractivity contribution in [1.82, 2.24) is 14.9 Å². The first-order chi connectivity index (χ1) is 10.0. The predicted molar refractivity (Wildman–Crippen MR) is 78.3 cm³/mol. The van der Waals surface area contributed by atoms with E-state index in [0.717, 1.165) is 17.7 Å². The molecule has 0 saturated carbocycles. The van der Waals surface area contributed by atoms with Crippen LogP contribution in [0.5, 0.6) is 0 Å². The van der Waals surface area contributed by atoms with Gasteiger partial charge >= 0.3 is 0 Å². The number of piperidine rings is 1. The second-order valence-corrected chi connectivity index (χ2v) is 4.98. The van der Waals surface area contributed by atoms with Crippen LogP contribution in [-0.4, -0.2) is 39.8 Å². The van der Waals surface area contributed by atoms with Crippen molar-refractivity contribution in [2.24, 2.45) is 5.84 Å². The summed E-state index contributed by atoms with van der Waals surface area (Å²) < 4.78 is 0. The van der Waals surface area contributed by atoms with Gasteiger partial charge in [0.25, 0.3) is 5.91 Å². The summed E-state index contributed by atoms with van der Waals surface area (Å²) in [5, 5.41) is 3.07. The molecule has 0 aromatic carbocycles. The molecule has 0 spiro atoms. The number of aryl methyl sites for hydroxylation is 1. The predicted octanol–water partition coefficient (Wildman–Crippen LogP) is 0.274. The van der Waals surface area contributed by atoms with Gasteiger partial charge < -0.3 is 10.7 Å². The molecule has 1 fully saturated rings. The van der Waals surface area contributed by atoms with Gasteiger partial charge in [-0.15, -0.1) is 0 Å². The van der Waals surface area contributed by atoms with E-state index in [2.05, 4.69) is 20.7 Å². The van der Waals surface area contributed by atoms with Crippen LogP contribution in [0.4, 0.5) is 11.6 Å². The van der Waals surface area contributed by atoms with Gasteiger partial charge in [0.2, 0.25) is 5.91 Å². The Hall–Kier alpha value is -2.22. The number of amides is 2. The first-order valence-electron chi connectivity index (χ1n) is 6.96. The van der Waals surface area contributed by atoms with Crippen LogP contribution in [0.2, 0.25) is 0 Å². The molecule has 0 radical (unpaired) electrons. The van der Waals surface area contributed by atoms with Crippen molar-refractivity contribution in [3.63, 3.8) is 0 Å². The number of likely N-dealkylation sites (N-methyl/N-ethyl adjacent to an activating group) is 1. The van der Waals surface area contributed by atoms with Crippen molar-refractivity contribution >= 4 is 23.5 Å². The molecule has 2 amide bonds. The molecule has 0 bridgehead atoms. The molecule has 2 rings (SSSR count). The molecule has 1 aliphatic rings. The van der Waals surface area contributed by atoms with Crippen LogP contribution < -0.4 is 16.6 Å². The number of aromatic nitrogens is 2. The number of nitrogens with one attached hydrogen (secondary N) is 2.